The Kier molecular flexibility index (Phi) is 6.72. The predicted octanol–water partition coefficient (Wildman–Crippen LogP) is 3.43. The number of thiazole rings is 1. The van der Waals surface area contributed by atoms with Crippen LogP contribution in [0.4, 0.5) is 0 Å². The zero-order valence-corrected chi connectivity index (χ0v) is 19.2. The third kappa shape index (κ3) is 5.38. The molecule has 0 bridgehead atoms. The molecule has 6 nitrogen and oxygen atoms in total. The van der Waals surface area contributed by atoms with Gasteiger partial charge in [0.25, 0.3) is 0 Å². The highest BCUT2D eigenvalue weighted by molar-refractivity contribution is 7.89. The van der Waals surface area contributed by atoms with Crippen LogP contribution >= 0.6 is 22.9 Å². The minimum atomic E-state index is -3.56. The maximum absolute atomic E-state index is 12.8. The third-order valence-electron chi connectivity index (χ3n) is 5.29. The van der Waals surface area contributed by atoms with Crippen molar-refractivity contribution in [1.29, 1.82) is 0 Å². The van der Waals surface area contributed by atoms with E-state index in [0.717, 1.165) is 43.5 Å². The molecule has 1 unspecified atom stereocenters. The molecule has 1 aliphatic heterocycles. The number of hydrogen-bond donors (Lipinski definition) is 1. The smallest absolute Gasteiger partial charge is 0.240 e. The molecule has 1 N–H and O–H groups in total. The number of sulfonamides is 1. The van der Waals surface area contributed by atoms with Crippen molar-refractivity contribution in [2.45, 2.75) is 24.4 Å². The highest BCUT2D eigenvalue weighted by Gasteiger charge is 2.22. The second-order valence-electron chi connectivity index (χ2n) is 7.69. The van der Waals surface area contributed by atoms with Crippen LogP contribution in [0.2, 0.25) is 4.47 Å². The molecule has 0 saturated carbocycles. The molecular weight excluding hydrogens is 440 g/mol. The molecule has 2 aromatic carbocycles. The molecule has 1 aromatic heterocycles. The molecule has 0 spiro atoms. The summed E-state index contributed by atoms with van der Waals surface area (Å²) >= 11 is 7.43. The van der Waals surface area contributed by atoms with Crippen LogP contribution in [-0.4, -0.2) is 62.0 Å². The van der Waals surface area contributed by atoms with E-state index in [9.17, 15) is 8.42 Å². The van der Waals surface area contributed by atoms with Gasteiger partial charge in [0.1, 0.15) is 0 Å². The van der Waals surface area contributed by atoms with Crippen molar-refractivity contribution in [2.75, 3.05) is 32.7 Å². The molecule has 30 heavy (non-hydrogen) atoms. The fourth-order valence-electron chi connectivity index (χ4n) is 3.80. The van der Waals surface area contributed by atoms with Crippen LogP contribution in [0.3, 0.4) is 0 Å². The van der Waals surface area contributed by atoms with Gasteiger partial charge in [-0.3, -0.25) is 9.80 Å². The first-order valence-corrected chi connectivity index (χ1v) is 12.6. The lowest BCUT2D eigenvalue weighted by Crippen LogP contribution is -2.50. The Morgan fingerprint density at radius 1 is 1.10 bits per heavy atom. The molecular formula is C21H25ClN4O2S2. The molecule has 9 heteroatoms. The first kappa shape index (κ1) is 21.7. The molecule has 3 aromatic rings. The number of nitrogens with zero attached hydrogens (tertiary/aromatic N) is 3. The largest absolute Gasteiger partial charge is 0.299 e. The van der Waals surface area contributed by atoms with Crippen LogP contribution in [0.5, 0.6) is 0 Å². The Morgan fingerprint density at radius 3 is 2.50 bits per heavy atom. The van der Waals surface area contributed by atoms with Crippen LogP contribution in [0.15, 0.2) is 53.6 Å². The fourth-order valence-corrected chi connectivity index (χ4v) is 6.09. The quantitative estimate of drug-likeness (QED) is 0.580. The SMILES string of the molecule is CC(CN1CCN(Cc2cnc(Cl)s2)CC1)NS(=O)(=O)c1ccc2ccccc2c1. The van der Waals surface area contributed by atoms with Gasteiger partial charge < -0.3 is 0 Å². The number of piperazine rings is 1. The second-order valence-corrected chi connectivity index (χ2v) is 11.1. The van der Waals surface area contributed by atoms with E-state index in [0.29, 0.717) is 15.9 Å². The average molecular weight is 465 g/mol. The van der Waals surface area contributed by atoms with Gasteiger partial charge in [0.15, 0.2) is 4.47 Å². The highest BCUT2D eigenvalue weighted by Crippen LogP contribution is 2.21. The summed E-state index contributed by atoms with van der Waals surface area (Å²) in [6.45, 7) is 7.18. The third-order valence-corrected chi connectivity index (χ3v) is 7.98. The van der Waals surface area contributed by atoms with Crippen LogP contribution in [-0.2, 0) is 16.6 Å². The summed E-state index contributed by atoms with van der Waals surface area (Å²) in [4.78, 5) is 10.3. The van der Waals surface area contributed by atoms with Gasteiger partial charge in [-0.25, -0.2) is 18.1 Å². The number of benzene rings is 2. The fraction of sp³-hybridized carbons (Fsp3) is 0.381. The summed E-state index contributed by atoms with van der Waals surface area (Å²) < 4.78 is 29.1. The van der Waals surface area contributed by atoms with Gasteiger partial charge in [-0.2, -0.15) is 0 Å². The van der Waals surface area contributed by atoms with Gasteiger partial charge in [0.05, 0.1) is 4.90 Å². The Bertz CT molecular complexity index is 1110. The minimum Gasteiger partial charge on any atom is -0.299 e. The average Bonchev–Trinajstić information content (AvgIpc) is 3.13. The van der Waals surface area contributed by atoms with Gasteiger partial charge in [-0.1, -0.05) is 41.9 Å². The van der Waals surface area contributed by atoms with Crippen LogP contribution in [0, 0.1) is 0 Å². The van der Waals surface area contributed by atoms with Gasteiger partial charge in [0.2, 0.25) is 10.0 Å². The van der Waals surface area contributed by atoms with Gasteiger partial charge >= 0.3 is 0 Å². The van der Waals surface area contributed by atoms with Crippen molar-refractivity contribution < 1.29 is 8.42 Å². The summed E-state index contributed by atoms with van der Waals surface area (Å²) in [5.74, 6) is 0. The van der Waals surface area contributed by atoms with Crippen molar-refractivity contribution in [3.8, 4) is 0 Å². The van der Waals surface area contributed by atoms with E-state index in [1.807, 2.05) is 43.5 Å². The maximum Gasteiger partial charge on any atom is 0.240 e. The molecule has 4 rings (SSSR count). The second kappa shape index (κ2) is 9.30. The predicted molar refractivity (Wildman–Crippen MR) is 123 cm³/mol. The number of aromatic nitrogens is 1. The molecule has 1 aliphatic rings. The van der Waals surface area contributed by atoms with Crippen LogP contribution < -0.4 is 4.72 Å². The monoisotopic (exact) mass is 464 g/mol. The molecule has 1 atom stereocenters. The van der Waals surface area contributed by atoms with Gasteiger partial charge in [-0.05, 0) is 29.8 Å². The molecule has 1 saturated heterocycles. The van der Waals surface area contributed by atoms with Gasteiger partial charge in [-0.15, -0.1) is 11.3 Å². The zero-order chi connectivity index (χ0) is 21.1. The van der Waals surface area contributed by atoms with E-state index in [4.69, 9.17) is 11.6 Å². The Hall–Kier alpha value is -1.55. The highest BCUT2D eigenvalue weighted by atomic mass is 35.5. The molecule has 2 heterocycles. The van der Waals surface area contributed by atoms with E-state index in [1.165, 1.54) is 16.2 Å². The number of hydrogen-bond acceptors (Lipinski definition) is 6. The van der Waals surface area contributed by atoms with E-state index in [1.54, 1.807) is 12.1 Å². The van der Waals surface area contributed by atoms with Crippen molar-refractivity contribution in [2.24, 2.45) is 0 Å². The van der Waals surface area contributed by atoms with Crippen molar-refractivity contribution in [1.82, 2.24) is 19.5 Å². The summed E-state index contributed by atoms with van der Waals surface area (Å²) in [7, 11) is -3.56. The zero-order valence-electron chi connectivity index (χ0n) is 16.8. The summed E-state index contributed by atoms with van der Waals surface area (Å²) in [5, 5.41) is 1.95. The molecule has 1 fully saturated rings. The molecule has 0 radical (unpaired) electrons. The first-order chi connectivity index (χ1) is 14.4. The van der Waals surface area contributed by atoms with E-state index >= 15 is 0 Å². The lowest BCUT2D eigenvalue weighted by molar-refractivity contribution is 0.123. The van der Waals surface area contributed by atoms with E-state index in [-0.39, 0.29) is 6.04 Å². The Labute approximate surface area is 186 Å². The first-order valence-electron chi connectivity index (χ1n) is 9.95. The Balaban J connectivity index is 1.30. The number of halogens is 1. The van der Waals surface area contributed by atoms with E-state index < -0.39 is 10.0 Å². The summed E-state index contributed by atoms with van der Waals surface area (Å²) in [5.41, 5.74) is 0. The lowest BCUT2D eigenvalue weighted by atomic mass is 10.1. The van der Waals surface area contributed by atoms with Crippen LogP contribution in [0.25, 0.3) is 10.8 Å². The van der Waals surface area contributed by atoms with Crippen LogP contribution in [0.1, 0.15) is 11.8 Å². The Morgan fingerprint density at radius 2 is 1.80 bits per heavy atom. The lowest BCUT2D eigenvalue weighted by Gasteiger charge is -2.35. The van der Waals surface area contributed by atoms with Crippen molar-refractivity contribution in [3.05, 3.63) is 58.0 Å². The van der Waals surface area contributed by atoms with Crippen molar-refractivity contribution in [3.63, 3.8) is 0 Å². The normalized spacial score (nSPS) is 17.4. The number of rotatable bonds is 7. The summed E-state index contributed by atoms with van der Waals surface area (Å²) in [6.07, 6.45) is 1.84. The molecule has 160 valence electrons. The van der Waals surface area contributed by atoms with Gasteiger partial charge in [0, 0.05) is 56.4 Å². The minimum absolute atomic E-state index is 0.173. The summed E-state index contributed by atoms with van der Waals surface area (Å²) in [6, 6.07) is 12.8. The topological polar surface area (TPSA) is 65.5 Å². The van der Waals surface area contributed by atoms with Crippen molar-refractivity contribution >= 4 is 43.7 Å². The molecule has 0 aliphatic carbocycles. The van der Waals surface area contributed by atoms with E-state index in [2.05, 4.69) is 19.5 Å². The molecule has 0 amide bonds. The number of fused-ring (bicyclic) bond motifs is 1. The number of nitrogens with one attached hydrogen (secondary N) is 1. The standard InChI is InChI=1S/C21H25ClN4O2S2/c1-16(14-25-8-10-26(11-9-25)15-19-13-23-21(22)29-19)24-30(27,28)20-7-6-17-4-2-3-5-18(17)12-20/h2-7,12-13,16,24H,8-11,14-15H2,1H3. The maximum atomic E-state index is 12.8.